The summed E-state index contributed by atoms with van der Waals surface area (Å²) in [4.78, 5) is 0. The molecule has 0 atom stereocenters. The molecule has 3 nitrogen and oxygen atoms in total. The maximum absolute atomic E-state index is 8.86. The molecule has 1 rings (SSSR count). The Morgan fingerprint density at radius 3 is 2.47 bits per heavy atom. The average molecular weight is 241 g/mol. The van der Waals surface area contributed by atoms with Gasteiger partial charge in [0.05, 0.1) is 0 Å². The van der Waals surface area contributed by atoms with Crippen molar-refractivity contribution >= 4 is 17.4 Å². The summed E-state index contributed by atoms with van der Waals surface area (Å²) >= 11 is 1.38. The van der Waals surface area contributed by atoms with Crippen molar-refractivity contribution in [2.75, 3.05) is 11.1 Å². The molecule has 0 amide bonds. The van der Waals surface area contributed by atoms with E-state index in [9.17, 15) is 0 Å². The van der Waals surface area contributed by atoms with Crippen LogP contribution in [0, 0.1) is 22.7 Å². The van der Waals surface area contributed by atoms with Gasteiger partial charge < -0.3 is 5.32 Å². The van der Waals surface area contributed by atoms with E-state index >= 15 is 0 Å². The quantitative estimate of drug-likeness (QED) is 0.635. The molecule has 0 heterocycles. The largest absolute Gasteiger partial charge is 0.349 e. The summed E-state index contributed by atoms with van der Waals surface area (Å²) in [6.07, 6.45) is 1.73. The van der Waals surface area contributed by atoms with Crippen LogP contribution in [-0.4, -0.2) is 5.75 Å². The van der Waals surface area contributed by atoms with Crippen LogP contribution in [0.5, 0.6) is 0 Å². The van der Waals surface area contributed by atoms with Gasteiger partial charge in [-0.05, 0) is 12.1 Å². The first-order valence-electron chi connectivity index (χ1n) is 4.92. The van der Waals surface area contributed by atoms with Crippen molar-refractivity contribution in [1.29, 1.82) is 10.5 Å². The molecule has 1 aromatic carbocycles. The van der Waals surface area contributed by atoms with Crippen LogP contribution in [0.4, 0.5) is 5.69 Å². The lowest BCUT2D eigenvalue weighted by molar-refractivity contribution is 1.43. The Morgan fingerprint density at radius 2 is 1.94 bits per heavy atom. The number of thioether (sulfide) groups is 1. The molecule has 1 aromatic rings. The van der Waals surface area contributed by atoms with E-state index in [1.807, 2.05) is 42.5 Å². The van der Waals surface area contributed by atoms with Crippen LogP contribution in [0.1, 0.15) is 0 Å². The molecule has 0 bridgehead atoms. The number of nitrogens with one attached hydrogen (secondary N) is 1. The maximum Gasteiger partial charge on any atom is 0.159 e. The number of anilines is 1. The van der Waals surface area contributed by atoms with Crippen LogP contribution < -0.4 is 5.32 Å². The molecule has 1 N–H and O–H groups in total. The average Bonchev–Trinajstić information content (AvgIpc) is 2.38. The molecule has 0 aliphatic carbocycles. The summed E-state index contributed by atoms with van der Waals surface area (Å²) in [5.74, 6) is 0.641. The maximum atomic E-state index is 8.86. The summed E-state index contributed by atoms with van der Waals surface area (Å²) in [6.45, 7) is 3.61. The number of nitriles is 2. The lowest BCUT2D eigenvalue weighted by atomic mass is 10.3. The predicted octanol–water partition coefficient (Wildman–Crippen LogP) is 3.28. The van der Waals surface area contributed by atoms with Gasteiger partial charge in [-0.1, -0.05) is 24.3 Å². The van der Waals surface area contributed by atoms with Gasteiger partial charge in [0, 0.05) is 11.4 Å². The van der Waals surface area contributed by atoms with Crippen molar-refractivity contribution in [2.45, 2.75) is 0 Å². The van der Waals surface area contributed by atoms with Gasteiger partial charge in [0.25, 0.3) is 0 Å². The van der Waals surface area contributed by atoms with Crippen molar-refractivity contribution in [2.24, 2.45) is 0 Å². The molecular formula is C13H11N3S. The van der Waals surface area contributed by atoms with E-state index in [0.717, 1.165) is 5.69 Å². The van der Waals surface area contributed by atoms with Crippen molar-refractivity contribution in [3.8, 4) is 12.1 Å². The summed E-state index contributed by atoms with van der Waals surface area (Å²) in [5, 5.41) is 21.4. The highest BCUT2D eigenvalue weighted by atomic mass is 32.2. The van der Waals surface area contributed by atoms with E-state index in [4.69, 9.17) is 10.5 Å². The monoisotopic (exact) mass is 241 g/mol. The highest BCUT2D eigenvalue weighted by molar-refractivity contribution is 8.03. The molecule has 0 spiro atoms. The zero-order valence-electron chi connectivity index (χ0n) is 9.18. The van der Waals surface area contributed by atoms with Crippen LogP contribution in [0.25, 0.3) is 0 Å². The third-order valence-electron chi connectivity index (χ3n) is 1.83. The Bertz CT molecular complexity index is 476. The summed E-state index contributed by atoms with van der Waals surface area (Å²) < 4.78 is 0. The predicted molar refractivity (Wildman–Crippen MR) is 71.0 cm³/mol. The van der Waals surface area contributed by atoms with Gasteiger partial charge in [-0.2, -0.15) is 10.5 Å². The van der Waals surface area contributed by atoms with E-state index in [0.29, 0.717) is 10.8 Å². The second-order valence-electron chi connectivity index (χ2n) is 3.02. The first kappa shape index (κ1) is 12.9. The summed E-state index contributed by atoms with van der Waals surface area (Å²) in [5.41, 5.74) is 0.933. The van der Waals surface area contributed by atoms with Crippen LogP contribution in [-0.2, 0) is 0 Å². The summed E-state index contributed by atoms with van der Waals surface area (Å²) in [6, 6.07) is 13.2. The smallest absolute Gasteiger partial charge is 0.159 e. The van der Waals surface area contributed by atoms with Gasteiger partial charge >= 0.3 is 0 Å². The van der Waals surface area contributed by atoms with Gasteiger partial charge in [0.15, 0.2) is 5.57 Å². The standard InChI is InChI=1S/C13H11N3S/c1-2-8-17-13(11(9-14)10-15)16-12-6-4-3-5-7-12/h2-7,16H,1,8H2. The molecule has 0 radical (unpaired) electrons. The number of para-hydroxylation sites is 1. The van der Waals surface area contributed by atoms with E-state index in [1.165, 1.54) is 11.8 Å². The van der Waals surface area contributed by atoms with Gasteiger partial charge in [-0.15, -0.1) is 18.3 Å². The molecule has 0 saturated heterocycles. The minimum atomic E-state index is 0.0840. The molecule has 0 fully saturated rings. The Balaban J connectivity index is 2.94. The molecule has 0 aliphatic heterocycles. The fourth-order valence-corrected chi connectivity index (χ4v) is 1.80. The Labute approximate surface area is 105 Å². The van der Waals surface area contributed by atoms with Crippen LogP contribution >= 0.6 is 11.8 Å². The highest BCUT2D eigenvalue weighted by Gasteiger charge is 2.06. The summed E-state index contributed by atoms with van der Waals surface area (Å²) in [7, 11) is 0. The molecule has 4 heteroatoms. The van der Waals surface area contributed by atoms with E-state index in [-0.39, 0.29) is 5.57 Å². The number of rotatable bonds is 5. The van der Waals surface area contributed by atoms with Crippen molar-refractivity contribution in [1.82, 2.24) is 0 Å². The molecule has 0 aromatic heterocycles. The number of benzene rings is 1. The topological polar surface area (TPSA) is 59.6 Å². The van der Waals surface area contributed by atoms with Gasteiger partial charge in [-0.3, -0.25) is 0 Å². The first-order chi connectivity index (χ1) is 8.31. The van der Waals surface area contributed by atoms with E-state index < -0.39 is 0 Å². The van der Waals surface area contributed by atoms with Crippen LogP contribution in [0.15, 0.2) is 53.6 Å². The molecule has 0 aliphatic rings. The fraction of sp³-hybridized carbons (Fsp3) is 0.0769. The molecule has 17 heavy (non-hydrogen) atoms. The zero-order chi connectivity index (χ0) is 12.5. The van der Waals surface area contributed by atoms with Gasteiger partial charge in [-0.25, -0.2) is 0 Å². The SMILES string of the molecule is C=CCSC(Nc1ccccc1)=C(C#N)C#N. The van der Waals surface area contributed by atoms with Gasteiger partial charge in [0.1, 0.15) is 17.2 Å². The minimum Gasteiger partial charge on any atom is -0.349 e. The van der Waals surface area contributed by atoms with Crippen molar-refractivity contribution in [3.63, 3.8) is 0 Å². The third-order valence-corrected chi connectivity index (χ3v) is 2.83. The van der Waals surface area contributed by atoms with Crippen LogP contribution in [0.3, 0.4) is 0 Å². The minimum absolute atomic E-state index is 0.0840. The van der Waals surface area contributed by atoms with Crippen molar-refractivity contribution in [3.05, 3.63) is 53.6 Å². The number of hydrogen-bond donors (Lipinski definition) is 1. The Morgan fingerprint density at radius 1 is 1.29 bits per heavy atom. The Hall–Kier alpha value is -2.17. The third kappa shape index (κ3) is 4.06. The zero-order valence-corrected chi connectivity index (χ0v) is 10.00. The number of nitrogens with zero attached hydrogens (tertiary/aromatic N) is 2. The molecule has 0 unspecified atom stereocenters. The second kappa shape index (κ2) is 7.16. The highest BCUT2D eigenvalue weighted by Crippen LogP contribution is 2.22. The molecule has 0 saturated carbocycles. The first-order valence-corrected chi connectivity index (χ1v) is 5.90. The number of allylic oxidation sites excluding steroid dienone is 1. The molecular weight excluding hydrogens is 230 g/mol. The second-order valence-corrected chi connectivity index (χ2v) is 4.05. The molecule has 84 valence electrons. The van der Waals surface area contributed by atoms with E-state index in [1.54, 1.807) is 6.08 Å². The van der Waals surface area contributed by atoms with E-state index in [2.05, 4.69) is 11.9 Å². The lowest BCUT2D eigenvalue weighted by Gasteiger charge is -2.09. The lowest BCUT2D eigenvalue weighted by Crippen LogP contribution is -1.99. The van der Waals surface area contributed by atoms with Gasteiger partial charge in [0.2, 0.25) is 0 Å². The normalized spacial score (nSPS) is 8.59. The van der Waals surface area contributed by atoms with Crippen LogP contribution in [0.2, 0.25) is 0 Å². The Kier molecular flexibility index (Phi) is 5.43. The number of hydrogen-bond acceptors (Lipinski definition) is 4. The fourth-order valence-electron chi connectivity index (χ4n) is 1.09. The van der Waals surface area contributed by atoms with Crippen molar-refractivity contribution < 1.29 is 0 Å².